The van der Waals surface area contributed by atoms with Crippen LogP contribution in [0.4, 0.5) is 0 Å². The highest BCUT2D eigenvalue weighted by Crippen LogP contribution is 2.20. The van der Waals surface area contributed by atoms with E-state index in [9.17, 15) is 9.59 Å². The maximum absolute atomic E-state index is 11.9. The molecule has 0 aliphatic rings. The molecule has 2 aromatic rings. The predicted molar refractivity (Wildman–Crippen MR) is 89.0 cm³/mol. The van der Waals surface area contributed by atoms with Crippen molar-refractivity contribution in [2.75, 3.05) is 0 Å². The van der Waals surface area contributed by atoms with Gasteiger partial charge in [0.1, 0.15) is 0 Å². The number of rotatable bonds is 5. The van der Waals surface area contributed by atoms with Gasteiger partial charge in [0.05, 0.1) is 5.92 Å². The lowest BCUT2D eigenvalue weighted by Crippen LogP contribution is -2.14. The Morgan fingerprint density at radius 1 is 0.909 bits per heavy atom. The number of Topliss-reactive ketones (excluding diaryl/α,β-unsaturated/α-hetero) is 1. The van der Waals surface area contributed by atoms with Crippen molar-refractivity contribution in [3.8, 4) is 11.1 Å². The number of benzene rings is 2. The molecule has 3 heteroatoms. The van der Waals surface area contributed by atoms with E-state index in [2.05, 4.69) is 0 Å². The fourth-order valence-electron chi connectivity index (χ4n) is 1.96. The van der Waals surface area contributed by atoms with Crippen molar-refractivity contribution in [1.29, 1.82) is 0 Å². The van der Waals surface area contributed by atoms with Crippen molar-refractivity contribution in [3.63, 3.8) is 0 Å². The number of hydrogen-bond acceptors (Lipinski definition) is 2. The first-order valence-electron chi connectivity index (χ1n) is 7.49. The molecule has 0 aromatic heterocycles. The summed E-state index contributed by atoms with van der Waals surface area (Å²) >= 11 is 0. The monoisotopic (exact) mass is 298 g/mol. The zero-order chi connectivity index (χ0) is 16.5. The van der Waals surface area contributed by atoms with Crippen molar-refractivity contribution in [3.05, 3.63) is 60.2 Å². The molecule has 0 aliphatic heterocycles. The minimum atomic E-state index is -0.945. The zero-order valence-corrected chi connectivity index (χ0v) is 13.2. The van der Waals surface area contributed by atoms with E-state index in [1.807, 2.05) is 56.3 Å². The molecule has 0 saturated heterocycles. The Morgan fingerprint density at radius 3 is 1.91 bits per heavy atom. The van der Waals surface area contributed by atoms with Crippen LogP contribution in [0.5, 0.6) is 0 Å². The highest BCUT2D eigenvalue weighted by atomic mass is 16.4. The predicted octanol–water partition coefficient (Wildman–Crippen LogP) is 4.67. The average molecular weight is 298 g/mol. The Balaban J connectivity index is 0.00000116. The van der Waals surface area contributed by atoms with Crippen LogP contribution in [0.2, 0.25) is 0 Å². The third-order valence-corrected chi connectivity index (χ3v) is 3.23. The number of aliphatic carboxylic acids is 1. The third kappa shape index (κ3) is 4.85. The van der Waals surface area contributed by atoms with Crippen LogP contribution in [-0.2, 0) is 4.79 Å². The molecule has 0 bridgehead atoms. The SMILES string of the molecule is CC.CC(CC(=O)c1ccc(-c2ccccc2)cc1)C(=O)O. The Kier molecular flexibility index (Phi) is 7.03. The first-order valence-corrected chi connectivity index (χ1v) is 7.49. The molecule has 3 nitrogen and oxygen atoms in total. The average Bonchev–Trinajstić information content (AvgIpc) is 2.57. The lowest BCUT2D eigenvalue weighted by atomic mass is 9.97. The molecule has 0 saturated carbocycles. The number of carboxylic acid groups (broad SMARTS) is 1. The molecule has 0 spiro atoms. The number of carboxylic acids is 1. The molecular weight excluding hydrogens is 276 g/mol. The standard InChI is InChI=1S/C17H16O3.C2H6/c1-12(17(19)20)11-16(18)15-9-7-14(8-10-15)13-5-3-2-4-6-13;1-2/h2-10,12H,11H2,1H3,(H,19,20);1-2H3. The van der Waals surface area contributed by atoms with Gasteiger partial charge in [-0.05, 0) is 11.1 Å². The van der Waals surface area contributed by atoms with Crippen LogP contribution in [0, 0.1) is 5.92 Å². The van der Waals surface area contributed by atoms with Crippen molar-refractivity contribution in [2.45, 2.75) is 27.2 Å². The summed E-state index contributed by atoms with van der Waals surface area (Å²) in [4.78, 5) is 22.7. The van der Waals surface area contributed by atoms with Gasteiger partial charge < -0.3 is 5.11 Å². The smallest absolute Gasteiger partial charge is 0.306 e. The molecule has 1 unspecified atom stereocenters. The van der Waals surface area contributed by atoms with Crippen LogP contribution in [0.15, 0.2) is 54.6 Å². The van der Waals surface area contributed by atoms with Crippen molar-refractivity contribution in [1.82, 2.24) is 0 Å². The van der Waals surface area contributed by atoms with Gasteiger partial charge in [0.15, 0.2) is 5.78 Å². The zero-order valence-electron chi connectivity index (χ0n) is 13.2. The van der Waals surface area contributed by atoms with Crippen LogP contribution >= 0.6 is 0 Å². The summed E-state index contributed by atoms with van der Waals surface area (Å²) in [6.07, 6.45) is 0.0278. The Bertz CT molecular complexity index is 600. The third-order valence-electron chi connectivity index (χ3n) is 3.23. The summed E-state index contributed by atoms with van der Waals surface area (Å²) in [7, 11) is 0. The fourth-order valence-corrected chi connectivity index (χ4v) is 1.96. The minimum Gasteiger partial charge on any atom is -0.481 e. The van der Waals surface area contributed by atoms with Crippen LogP contribution in [-0.4, -0.2) is 16.9 Å². The summed E-state index contributed by atoms with van der Waals surface area (Å²) in [5.41, 5.74) is 2.68. The topological polar surface area (TPSA) is 54.4 Å². The lowest BCUT2D eigenvalue weighted by Gasteiger charge is -2.06. The highest BCUT2D eigenvalue weighted by molar-refractivity contribution is 5.98. The maximum Gasteiger partial charge on any atom is 0.306 e. The lowest BCUT2D eigenvalue weighted by molar-refractivity contribution is -0.141. The second kappa shape index (κ2) is 8.78. The van der Waals surface area contributed by atoms with E-state index in [4.69, 9.17) is 5.11 Å². The van der Waals surface area contributed by atoms with Gasteiger partial charge in [0.25, 0.3) is 0 Å². The van der Waals surface area contributed by atoms with Gasteiger partial charge in [-0.25, -0.2) is 0 Å². The molecule has 0 fully saturated rings. The molecule has 22 heavy (non-hydrogen) atoms. The van der Waals surface area contributed by atoms with Gasteiger partial charge in [-0.1, -0.05) is 75.4 Å². The number of ketones is 1. The Hall–Kier alpha value is -2.42. The van der Waals surface area contributed by atoms with Gasteiger partial charge in [0, 0.05) is 12.0 Å². The van der Waals surface area contributed by atoms with Gasteiger partial charge >= 0.3 is 5.97 Å². The van der Waals surface area contributed by atoms with E-state index in [-0.39, 0.29) is 12.2 Å². The van der Waals surface area contributed by atoms with E-state index in [0.29, 0.717) is 5.56 Å². The van der Waals surface area contributed by atoms with E-state index in [1.54, 1.807) is 19.1 Å². The molecule has 0 amide bonds. The highest BCUT2D eigenvalue weighted by Gasteiger charge is 2.16. The molecular formula is C19H22O3. The molecule has 2 rings (SSSR count). The Morgan fingerprint density at radius 2 is 1.41 bits per heavy atom. The van der Waals surface area contributed by atoms with Crippen molar-refractivity contribution < 1.29 is 14.7 Å². The molecule has 0 radical (unpaired) electrons. The van der Waals surface area contributed by atoms with Crippen LogP contribution in [0.25, 0.3) is 11.1 Å². The molecule has 116 valence electrons. The first kappa shape index (κ1) is 17.6. The van der Waals surface area contributed by atoms with Crippen molar-refractivity contribution >= 4 is 11.8 Å². The quantitative estimate of drug-likeness (QED) is 0.816. The summed E-state index contributed by atoms with van der Waals surface area (Å²) in [5, 5.41) is 8.82. The largest absolute Gasteiger partial charge is 0.481 e. The number of hydrogen-bond donors (Lipinski definition) is 1. The molecule has 0 aliphatic carbocycles. The Labute approximate surface area is 131 Å². The van der Waals surface area contributed by atoms with E-state index in [0.717, 1.165) is 11.1 Å². The molecule has 0 heterocycles. The van der Waals surface area contributed by atoms with E-state index < -0.39 is 11.9 Å². The fraction of sp³-hybridized carbons (Fsp3) is 0.263. The van der Waals surface area contributed by atoms with Crippen LogP contribution in [0.1, 0.15) is 37.6 Å². The minimum absolute atomic E-state index is 0.0278. The normalized spacial score (nSPS) is 11.0. The number of carbonyl (C=O) groups is 2. The second-order valence-corrected chi connectivity index (χ2v) is 4.81. The second-order valence-electron chi connectivity index (χ2n) is 4.81. The number of carbonyl (C=O) groups excluding carboxylic acids is 1. The summed E-state index contributed by atoms with van der Waals surface area (Å²) < 4.78 is 0. The van der Waals surface area contributed by atoms with E-state index >= 15 is 0 Å². The van der Waals surface area contributed by atoms with Crippen LogP contribution < -0.4 is 0 Å². The van der Waals surface area contributed by atoms with Gasteiger partial charge in [-0.3, -0.25) is 9.59 Å². The van der Waals surface area contributed by atoms with Gasteiger partial charge in [-0.15, -0.1) is 0 Å². The summed E-state index contributed by atoms with van der Waals surface area (Å²) in [6, 6.07) is 17.1. The molecule has 1 atom stereocenters. The van der Waals surface area contributed by atoms with Gasteiger partial charge in [-0.2, -0.15) is 0 Å². The van der Waals surface area contributed by atoms with Gasteiger partial charge in [0.2, 0.25) is 0 Å². The summed E-state index contributed by atoms with van der Waals surface area (Å²) in [5.74, 6) is -1.74. The molecule has 2 aromatic carbocycles. The maximum atomic E-state index is 11.9. The first-order chi connectivity index (χ1) is 10.6. The van der Waals surface area contributed by atoms with Crippen LogP contribution in [0.3, 0.4) is 0 Å². The van der Waals surface area contributed by atoms with E-state index in [1.165, 1.54) is 0 Å². The molecule has 1 N–H and O–H groups in total. The summed E-state index contributed by atoms with van der Waals surface area (Å²) in [6.45, 7) is 5.54. The van der Waals surface area contributed by atoms with Crippen molar-refractivity contribution in [2.24, 2.45) is 5.92 Å².